The van der Waals surface area contributed by atoms with Crippen molar-refractivity contribution in [3.05, 3.63) is 48.2 Å². The van der Waals surface area contributed by atoms with Gasteiger partial charge in [0.05, 0.1) is 5.69 Å². The van der Waals surface area contributed by atoms with E-state index >= 15 is 0 Å². The molecule has 18 heavy (non-hydrogen) atoms. The summed E-state index contributed by atoms with van der Waals surface area (Å²) < 4.78 is 5.63. The molecule has 0 atom stereocenters. The molecule has 90 valence electrons. The van der Waals surface area contributed by atoms with Gasteiger partial charge in [-0.15, -0.1) is 0 Å². The van der Waals surface area contributed by atoms with Gasteiger partial charge in [0.15, 0.2) is 5.58 Å². The van der Waals surface area contributed by atoms with Gasteiger partial charge in [-0.25, -0.2) is 9.97 Å². The van der Waals surface area contributed by atoms with Crippen LogP contribution in [0.25, 0.3) is 11.1 Å². The zero-order chi connectivity index (χ0) is 12.4. The number of hydrogen-bond acceptors (Lipinski definition) is 5. The molecule has 0 bridgehead atoms. The highest BCUT2D eigenvalue weighted by molar-refractivity contribution is 7.99. The van der Waals surface area contributed by atoms with Crippen LogP contribution in [0.3, 0.4) is 0 Å². The summed E-state index contributed by atoms with van der Waals surface area (Å²) in [5, 5.41) is 1.43. The van der Waals surface area contributed by atoms with Crippen LogP contribution in [0.4, 0.5) is 0 Å². The predicted octanol–water partition coefficient (Wildman–Crippen LogP) is 2.83. The molecule has 0 aliphatic heterocycles. The molecule has 0 aliphatic carbocycles. The van der Waals surface area contributed by atoms with E-state index in [1.807, 2.05) is 42.5 Å². The molecule has 2 aromatic heterocycles. The molecule has 0 aliphatic rings. The van der Waals surface area contributed by atoms with Crippen molar-refractivity contribution in [2.45, 2.75) is 16.8 Å². The number of nitrogens with two attached hydrogens (primary N) is 1. The highest BCUT2D eigenvalue weighted by atomic mass is 32.2. The first-order valence-electron chi connectivity index (χ1n) is 5.54. The van der Waals surface area contributed by atoms with Gasteiger partial charge in [0.1, 0.15) is 10.5 Å². The van der Waals surface area contributed by atoms with E-state index in [1.54, 1.807) is 0 Å². The number of pyridine rings is 1. The quantitative estimate of drug-likeness (QED) is 0.781. The largest absolute Gasteiger partial charge is 0.431 e. The van der Waals surface area contributed by atoms with Crippen LogP contribution < -0.4 is 5.73 Å². The minimum absolute atomic E-state index is 0.432. The van der Waals surface area contributed by atoms with Gasteiger partial charge in [-0.1, -0.05) is 18.2 Å². The van der Waals surface area contributed by atoms with Crippen LogP contribution in [0, 0.1) is 0 Å². The number of aromatic nitrogens is 2. The Morgan fingerprint density at radius 3 is 2.78 bits per heavy atom. The smallest absolute Gasteiger partial charge is 0.263 e. The lowest BCUT2D eigenvalue weighted by Crippen LogP contribution is -1.99. The van der Waals surface area contributed by atoms with Gasteiger partial charge < -0.3 is 10.2 Å². The first-order valence-corrected chi connectivity index (χ1v) is 6.36. The Kier molecular flexibility index (Phi) is 3.00. The van der Waals surface area contributed by atoms with Crippen molar-refractivity contribution in [3.8, 4) is 0 Å². The summed E-state index contributed by atoms with van der Waals surface area (Å²) in [5.41, 5.74) is 8.06. The summed E-state index contributed by atoms with van der Waals surface area (Å²) in [5.74, 6) is 0. The summed E-state index contributed by atoms with van der Waals surface area (Å²) in [4.78, 5) is 8.78. The fourth-order valence-electron chi connectivity index (χ4n) is 1.61. The van der Waals surface area contributed by atoms with E-state index in [2.05, 4.69) is 9.97 Å². The van der Waals surface area contributed by atoms with E-state index < -0.39 is 0 Å². The van der Waals surface area contributed by atoms with E-state index in [4.69, 9.17) is 10.2 Å². The van der Waals surface area contributed by atoms with Crippen molar-refractivity contribution < 1.29 is 4.42 Å². The first-order chi connectivity index (χ1) is 8.85. The van der Waals surface area contributed by atoms with Crippen LogP contribution in [0.15, 0.2) is 57.1 Å². The maximum absolute atomic E-state index is 5.63. The summed E-state index contributed by atoms with van der Waals surface area (Å²) in [6, 6.07) is 13.4. The second-order valence-electron chi connectivity index (χ2n) is 3.72. The molecule has 0 fully saturated rings. The van der Waals surface area contributed by atoms with Crippen LogP contribution in [-0.2, 0) is 6.54 Å². The molecule has 0 radical (unpaired) electrons. The van der Waals surface area contributed by atoms with Crippen molar-refractivity contribution in [2.75, 3.05) is 0 Å². The van der Waals surface area contributed by atoms with Gasteiger partial charge in [-0.3, -0.25) is 0 Å². The molecule has 0 saturated heterocycles. The second kappa shape index (κ2) is 4.80. The SMILES string of the molecule is NCc1cccc(Sc2nc3ccccc3o2)n1. The number of nitrogens with zero attached hydrogens (tertiary/aromatic N) is 2. The average Bonchev–Trinajstić information content (AvgIpc) is 2.81. The molecule has 3 aromatic rings. The van der Waals surface area contributed by atoms with Gasteiger partial charge in [0, 0.05) is 6.54 Å². The lowest BCUT2D eigenvalue weighted by Gasteiger charge is -1.98. The van der Waals surface area contributed by atoms with Gasteiger partial charge in [0.25, 0.3) is 5.22 Å². The molecule has 1 aromatic carbocycles. The monoisotopic (exact) mass is 257 g/mol. The topological polar surface area (TPSA) is 64.9 Å². The van der Waals surface area contributed by atoms with E-state index in [9.17, 15) is 0 Å². The van der Waals surface area contributed by atoms with Crippen LogP contribution in [0.2, 0.25) is 0 Å². The Balaban J connectivity index is 1.91. The third kappa shape index (κ3) is 2.23. The summed E-state index contributed by atoms with van der Waals surface area (Å²) >= 11 is 1.40. The summed E-state index contributed by atoms with van der Waals surface area (Å²) in [6.45, 7) is 0.432. The molecular weight excluding hydrogens is 246 g/mol. The van der Waals surface area contributed by atoms with Crippen molar-refractivity contribution in [2.24, 2.45) is 5.73 Å². The van der Waals surface area contributed by atoms with Gasteiger partial charge in [-0.2, -0.15) is 0 Å². The van der Waals surface area contributed by atoms with E-state index in [0.717, 1.165) is 21.8 Å². The zero-order valence-electron chi connectivity index (χ0n) is 9.54. The normalized spacial score (nSPS) is 10.9. The number of fused-ring (bicyclic) bond motifs is 1. The van der Waals surface area contributed by atoms with Crippen molar-refractivity contribution >= 4 is 22.9 Å². The third-order valence-corrected chi connectivity index (χ3v) is 3.24. The van der Waals surface area contributed by atoms with E-state index in [1.165, 1.54) is 11.8 Å². The Bertz CT molecular complexity index is 648. The van der Waals surface area contributed by atoms with Crippen LogP contribution in [0.1, 0.15) is 5.69 Å². The molecule has 4 nitrogen and oxygen atoms in total. The number of para-hydroxylation sites is 2. The average molecular weight is 257 g/mol. The predicted molar refractivity (Wildman–Crippen MR) is 70.3 cm³/mol. The van der Waals surface area contributed by atoms with E-state index in [-0.39, 0.29) is 0 Å². The van der Waals surface area contributed by atoms with Gasteiger partial charge >= 0.3 is 0 Å². The Hall–Kier alpha value is -1.85. The van der Waals surface area contributed by atoms with Crippen LogP contribution >= 0.6 is 11.8 Å². The lowest BCUT2D eigenvalue weighted by molar-refractivity contribution is 0.489. The summed E-state index contributed by atoms with van der Waals surface area (Å²) in [6.07, 6.45) is 0. The van der Waals surface area contributed by atoms with Gasteiger partial charge in [0.2, 0.25) is 0 Å². The molecule has 0 saturated carbocycles. The minimum atomic E-state index is 0.432. The Morgan fingerprint density at radius 2 is 1.94 bits per heavy atom. The third-order valence-electron chi connectivity index (χ3n) is 2.46. The maximum Gasteiger partial charge on any atom is 0.263 e. The highest BCUT2D eigenvalue weighted by Gasteiger charge is 2.07. The molecule has 2 heterocycles. The fraction of sp³-hybridized carbons (Fsp3) is 0.0769. The number of hydrogen-bond donors (Lipinski definition) is 1. The fourth-order valence-corrected chi connectivity index (χ4v) is 2.38. The van der Waals surface area contributed by atoms with Crippen LogP contribution in [-0.4, -0.2) is 9.97 Å². The van der Waals surface area contributed by atoms with E-state index in [0.29, 0.717) is 11.8 Å². The molecule has 0 unspecified atom stereocenters. The van der Waals surface area contributed by atoms with Crippen molar-refractivity contribution in [3.63, 3.8) is 0 Å². The number of benzene rings is 1. The summed E-state index contributed by atoms with van der Waals surface area (Å²) in [7, 11) is 0. The van der Waals surface area contributed by atoms with Crippen molar-refractivity contribution in [1.29, 1.82) is 0 Å². The molecule has 0 spiro atoms. The maximum atomic E-state index is 5.63. The van der Waals surface area contributed by atoms with Crippen LogP contribution in [0.5, 0.6) is 0 Å². The zero-order valence-corrected chi connectivity index (χ0v) is 10.4. The number of rotatable bonds is 3. The minimum Gasteiger partial charge on any atom is -0.431 e. The second-order valence-corrected chi connectivity index (χ2v) is 4.69. The van der Waals surface area contributed by atoms with Crippen molar-refractivity contribution in [1.82, 2.24) is 9.97 Å². The molecule has 5 heteroatoms. The Morgan fingerprint density at radius 1 is 1.06 bits per heavy atom. The molecule has 0 amide bonds. The lowest BCUT2D eigenvalue weighted by atomic mass is 10.3. The highest BCUT2D eigenvalue weighted by Crippen LogP contribution is 2.28. The first kappa shape index (κ1) is 11.3. The number of oxazole rings is 1. The Labute approximate surface area is 108 Å². The molecule has 3 rings (SSSR count). The standard InChI is InChI=1S/C13H11N3OS/c14-8-9-4-3-7-12(15-9)18-13-16-10-5-1-2-6-11(10)17-13/h1-7H,8,14H2. The van der Waals surface area contributed by atoms with Gasteiger partial charge in [-0.05, 0) is 36.0 Å². The molecule has 2 N–H and O–H groups in total. The molecular formula is C13H11N3OS.